The summed E-state index contributed by atoms with van der Waals surface area (Å²) in [6.07, 6.45) is 1.90. The number of hydrogen-bond donors (Lipinski definition) is 2. The van der Waals surface area contributed by atoms with Crippen molar-refractivity contribution in [2.24, 2.45) is 0 Å². The first-order chi connectivity index (χ1) is 18.4. The van der Waals surface area contributed by atoms with Crippen molar-refractivity contribution in [1.82, 2.24) is 19.9 Å². The van der Waals surface area contributed by atoms with Crippen molar-refractivity contribution in [3.05, 3.63) is 115 Å². The number of nitrogens with zero attached hydrogens (tertiary/aromatic N) is 3. The molecule has 0 saturated heterocycles. The fraction of sp³-hybridized carbons (Fsp3) is 0.107. The Morgan fingerprint density at radius 3 is 2.47 bits per heavy atom. The van der Waals surface area contributed by atoms with Crippen LogP contribution >= 0.6 is 50.7 Å². The topological polar surface area (TPSA) is 71.3 Å². The second-order valence-corrected chi connectivity index (χ2v) is 10.7. The number of anilines is 1. The van der Waals surface area contributed by atoms with Crippen LogP contribution in [0.4, 0.5) is 5.82 Å². The Morgan fingerprint density at radius 2 is 1.68 bits per heavy atom. The number of fused-ring (bicyclic) bond motifs is 1. The van der Waals surface area contributed by atoms with Crippen LogP contribution in [0, 0.1) is 0 Å². The van der Waals surface area contributed by atoms with Gasteiger partial charge in [-0.2, -0.15) is 9.61 Å². The molecule has 192 valence electrons. The van der Waals surface area contributed by atoms with Gasteiger partial charge in [-0.3, -0.25) is 4.79 Å². The maximum Gasteiger partial charge on any atom is 0.224 e. The zero-order valence-corrected chi connectivity index (χ0v) is 23.7. The molecule has 0 aliphatic heterocycles. The summed E-state index contributed by atoms with van der Waals surface area (Å²) in [5.41, 5.74) is 5.03. The van der Waals surface area contributed by atoms with Crippen LogP contribution in [-0.2, 0) is 24.3 Å². The van der Waals surface area contributed by atoms with Crippen molar-refractivity contribution in [3.63, 3.8) is 0 Å². The quantitative estimate of drug-likeness (QED) is 0.186. The third kappa shape index (κ3) is 6.13. The highest BCUT2D eigenvalue weighted by Crippen LogP contribution is 2.30. The minimum Gasteiger partial charge on any atom is -0.366 e. The van der Waals surface area contributed by atoms with Gasteiger partial charge in [-0.1, -0.05) is 83.3 Å². The third-order valence-corrected chi connectivity index (χ3v) is 7.38. The van der Waals surface area contributed by atoms with Crippen LogP contribution in [0.3, 0.4) is 0 Å². The predicted octanol–water partition coefficient (Wildman–Crippen LogP) is 7.59. The average Bonchev–Trinajstić information content (AvgIpc) is 3.29. The Balaban J connectivity index is 1.28. The van der Waals surface area contributed by atoms with Gasteiger partial charge in [0.1, 0.15) is 5.82 Å². The average molecular weight is 630 g/mol. The zero-order chi connectivity index (χ0) is 26.6. The Hall–Kier alpha value is -3.10. The molecule has 0 aliphatic carbocycles. The number of nitrogens with one attached hydrogen (secondary N) is 2. The van der Waals surface area contributed by atoms with Crippen molar-refractivity contribution in [1.29, 1.82) is 0 Å². The lowest BCUT2D eigenvalue weighted by Gasteiger charge is -2.13. The molecule has 5 aromatic rings. The maximum atomic E-state index is 12.5. The van der Waals surface area contributed by atoms with Crippen LogP contribution < -0.4 is 10.6 Å². The SMILES string of the molecule is O=C(Cc1ccc(Cl)cc1Cl)NCc1cccc(CNc2cc(-c3ccccc3Cl)nc3c(Br)cnn23)c1. The maximum absolute atomic E-state index is 12.5. The molecule has 0 unspecified atom stereocenters. The van der Waals surface area contributed by atoms with E-state index in [4.69, 9.17) is 39.8 Å². The number of rotatable bonds is 8. The van der Waals surface area contributed by atoms with Gasteiger partial charge in [-0.25, -0.2) is 4.98 Å². The van der Waals surface area contributed by atoms with E-state index in [-0.39, 0.29) is 12.3 Å². The van der Waals surface area contributed by atoms with Gasteiger partial charge in [0.15, 0.2) is 5.65 Å². The highest BCUT2D eigenvalue weighted by atomic mass is 79.9. The Bertz CT molecular complexity index is 1640. The Morgan fingerprint density at radius 1 is 0.895 bits per heavy atom. The molecule has 0 atom stereocenters. The number of carbonyl (C=O) groups is 1. The third-order valence-electron chi connectivity index (χ3n) is 5.90. The molecule has 0 aliphatic rings. The van der Waals surface area contributed by atoms with E-state index in [1.54, 1.807) is 28.9 Å². The second-order valence-electron chi connectivity index (χ2n) is 8.60. The molecule has 38 heavy (non-hydrogen) atoms. The van der Waals surface area contributed by atoms with Gasteiger partial charge in [0.2, 0.25) is 5.91 Å². The van der Waals surface area contributed by atoms with E-state index >= 15 is 0 Å². The Labute approximate surface area is 243 Å². The highest BCUT2D eigenvalue weighted by molar-refractivity contribution is 9.10. The highest BCUT2D eigenvalue weighted by Gasteiger charge is 2.13. The van der Waals surface area contributed by atoms with E-state index in [0.717, 1.165) is 38.2 Å². The molecule has 1 amide bonds. The number of hydrogen-bond acceptors (Lipinski definition) is 4. The monoisotopic (exact) mass is 627 g/mol. The molecule has 2 heterocycles. The van der Waals surface area contributed by atoms with Gasteiger partial charge < -0.3 is 10.6 Å². The summed E-state index contributed by atoms with van der Waals surface area (Å²) in [6.45, 7) is 0.945. The lowest BCUT2D eigenvalue weighted by Crippen LogP contribution is -2.24. The van der Waals surface area contributed by atoms with Crippen LogP contribution in [0.1, 0.15) is 16.7 Å². The van der Waals surface area contributed by atoms with Gasteiger partial charge >= 0.3 is 0 Å². The van der Waals surface area contributed by atoms with E-state index in [1.807, 2.05) is 48.5 Å². The molecule has 0 radical (unpaired) electrons. The molecule has 0 bridgehead atoms. The standard InChI is InChI=1S/C28H21BrCl3N5O/c29-22-16-35-37-26(13-25(36-28(22)37)21-6-1-2-7-23(21)31)33-14-17-4-3-5-18(10-17)15-34-27(38)11-19-8-9-20(30)12-24(19)32/h1-10,12-13,16,33H,11,14-15H2,(H,34,38). The molecule has 0 spiro atoms. The minimum atomic E-state index is -0.117. The van der Waals surface area contributed by atoms with Crippen molar-refractivity contribution in [2.75, 3.05) is 5.32 Å². The fourth-order valence-electron chi connectivity index (χ4n) is 4.01. The summed E-state index contributed by atoms with van der Waals surface area (Å²) in [5, 5.41) is 12.5. The van der Waals surface area contributed by atoms with Crippen molar-refractivity contribution in [3.8, 4) is 11.3 Å². The molecule has 0 saturated carbocycles. The summed E-state index contributed by atoms with van der Waals surface area (Å²) in [5.74, 6) is 0.655. The first kappa shape index (κ1) is 26.5. The molecular formula is C28H21BrCl3N5O. The molecule has 3 aromatic carbocycles. The fourth-order valence-corrected chi connectivity index (χ4v) is 5.07. The van der Waals surface area contributed by atoms with Crippen LogP contribution in [-0.4, -0.2) is 20.5 Å². The second kappa shape index (κ2) is 11.7. The minimum absolute atomic E-state index is 0.117. The van der Waals surface area contributed by atoms with Crippen LogP contribution in [0.5, 0.6) is 0 Å². The molecule has 0 fully saturated rings. The zero-order valence-electron chi connectivity index (χ0n) is 19.9. The Kier molecular flexibility index (Phi) is 8.19. The first-order valence-corrected chi connectivity index (χ1v) is 13.6. The molecule has 2 N–H and O–H groups in total. The van der Waals surface area contributed by atoms with Gasteiger partial charge in [0.05, 0.1) is 22.8 Å². The molecule has 10 heteroatoms. The predicted molar refractivity (Wildman–Crippen MR) is 157 cm³/mol. The molecule has 5 rings (SSSR count). The van der Waals surface area contributed by atoms with E-state index in [0.29, 0.717) is 33.8 Å². The summed E-state index contributed by atoms with van der Waals surface area (Å²) < 4.78 is 2.53. The van der Waals surface area contributed by atoms with E-state index < -0.39 is 0 Å². The summed E-state index contributed by atoms with van der Waals surface area (Å²) in [4.78, 5) is 17.2. The summed E-state index contributed by atoms with van der Waals surface area (Å²) >= 11 is 22.1. The number of carbonyl (C=O) groups excluding carboxylic acids is 1. The summed E-state index contributed by atoms with van der Waals surface area (Å²) in [7, 11) is 0. The number of benzene rings is 3. The van der Waals surface area contributed by atoms with Crippen molar-refractivity contribution in [2.45, 2.75) is 19.5 Å². The van der Waals surface area contributed by atoms with Crippen LogP contribution in [0.15, 0.2) is 83.5 Å². The van der Waals surface area contributed by atoms with E-state index in [9.17, 15) is 4.79 Å². The molecule has 6 nitrogen and oxygen atoms in total. The van der Waals surface area contributed by atoms with Gasteiger partial charge in [-0.05, 0) is 50.8 Å². The van der Waals surface area contributed by atoms with E-state index in [1.165, 1.54) is 0 Å². The van der Waals surface area contributed by atoms with Crippen LogP contribution in [0.25, 0.3) is 16.9 Å². The van der Waals surface area contributed by atoms with Crippen LogP contribution in [0.2, 0.25) is 15.1 Å². The van der Waals surface area contributed by atoms with Crippen molar-refractivity contribution >= 4 is 68.1 Å². The normalized spacial score (nSPS) is 11.1. The smallest absolute Gasteiger partial charge is 0.224 e. The number of amides is 1. The number of aromatic nitrogens is 3. The lowest BCUT2D eigenvalue weighted by atomic mass is 10.1. The number of halogens is 4. The van der Waals surface area contributed by atoms with Gasteiger partial charge in [0, 0.05) is 39.8 Å². The van der Waals surface area contributed by atoms with Gasteiger partial charge in [-0.15, -0.1) is 0 Å². The largest absolute Gasteiger partial charge is 0.366 e. The summed E-state index contributed by atoms with van der Waals surface area (Å²) in [6, 6.07) is 22.7. The first-order valence-electron chi connectivity index (χ1n) is 11.7. The van der Waals surface area contributed by atoms with Gasteiger partial charge in [0.25, 0.3) is 0 Å². The molecular weight excluding hydrogens is 609 g/mol. The van der Waals surface area contributed by atoms with Crippen molar-refractivity contribution < 1.29 is 4.79 Å². The molecule has 2 aromatic heterocycles. The van der Waals surface area contributed by atoms with E-state index in [2.05, 4.69) is 37.7 Å². The lowest BCUT2D eigenvalue weighted by molar-refractivity contribution is -0.120.